The van der Waals surface area contributed by atoms with Crippen LogP contribution in [0.1, 0.15) is 48.0 Å². The van der Waals surface area contributed by atoms with Gasteiger partial charge in [-0.3, -0.25) is 14.5 Å². The highest BCUT2D eigenvalue weighted by Gasteiger charge is 2.44. The summed E-state index contributed by atoms with van der Waals surface area (Å²) in [4.78, 5) is 29.0. The Hall–Kier alpha value is -1.92. The molecule has 4 rings (SSSR count). The Kier molecular flexibility index (Phi) is 5.93. The van der Waals surface area contributed by atoms with Gasteiger partial charge in [-0.2, -0.15) is 0 Å². The summed E-state index contributed by atoms with van der Waals surface area (Å²) in [5, 5.41) is 0. The summed E-state index contributed by atoms with van der Waals surface area (Å²) in [6.07, 6.45) is 5.07. The predicted octanol–water partition coefficient (Wildman–Crippen LogP) is 2.64. The maximum Gasteiger partial charge on any atom is 0.323 e. The lowest BCUT2D eigenvalue weighted by molar-refractivity contribution is -0.146. The van der Waals surface area contributed by atoms with Crippen molar-refractivity contribution in [2.24, 2.45) is 5.41 Å². The summed E-state index contributed by atoms with van der Waals surface area (Å²) in [5.41, 5.74) is 2.07. The number of piperidine rings is 1. The highest BCUT2D eigenvalue weighted by molar-refractivity contribution is 5.94. The molecule has 0 aromatic heterocycles. The number of amides is 1. The zero-order valence-corrected chi connectivity index (χ0v) is 17.6. The molecule has 0 radical (unpaired) electrons. The average molecular weight is 401 g/mol. The Bertz CT molecular complexity index is 757. The third kappa shape index (κ3) is 4.33. The smallest absolute Gasteiger partial charge is 0.323 e. The van der Waals surface area contributed by atoms with Gasteiger partial charge in [0.1, 0.15) is 6.04 Å². The number of likely N-dealkylation sites (tertiary alicyclic amines) is 2. The molecule has 3 fully saturated rings. The molecule has 2 atom stereocenters. The molecule has 3 saturated heterocycles. The van der Waals surface area contributed by atoms with Gasteiger partial charge in [0, 0.05) is 25.2 Å². The Morgan fingerprint density at radius 3 is 2.76 bits per heavy atom. The summed E-state index contributed by atoms with van der Waals surface area (Å²) in [7, 11) is 1.46. The van der Waals surface area contributed by atoms with Crippen molar-refractivity contribution in [1.82, 2.24) is 9.80 Å². The fraction of sp³-hybridized carbons (Fsp3) is 0.652. The van der Waals surface area contributed by atoms with Crippen molar-refractivity contribution in [3.63, 3.8) is 0 Å². The maximum atomic E-state index is 12.8. The molecular weight excluding hydrogens is 368 g/mol. The molecule has 158 valence electrons. The molecule has 0 bridgehead atoms. The third-order valence-corrected chi connectivity index (χ3v) is 6.94. The molecule has 0 aliphatic carbocycles. The standard InChI is InChI=1S/C23H32N2O4/c1-17-5-3-6-18(13-17)21(26)24-11-8-23(9-12-24)14-19(29-16-23)15-25-10-4-7-20(25)22(27)28-2/h3,5-6,13,19-20H,4,7-12,14-16H2,1-2H3/t19-,20+/m0/s1. The SMILES string of the molecule is COC(=O)[C@H]1CCCN1C[C@@H]1CC2(CCN(C(=O)c3cccc(C)c3)CC2)CO1. The van der Waals surface area contributed by atoms with Crippen LogP contribution in [0.15, 0.2) is 24.3 Å². The first-order chi connectivity index (χ1) is 14.0. The average Bonchev–Trinajstić information content (AvgIpc) is 3.35. The minimum absolute atomic E-state index is 0.117. The molecular formula is C23H32N2O4. The van der Waals surface area contributed by atoms with Gasteiger partial charge in [-0.1, -0.05) is 17.7 Å². The number of carbonyl (C=O) groups is 2. The maximum absolute atomic E-state index is 12.8. The van der Waals surface area contributed by atoms with Gasteiger partial charge in [0.25, 0.3) is 5.91 Å². The highest BCUT2D eigenvalue weighted by atomic mass is 16.5. The van der Waals surface area contributed by atoms with Gasteiger partial charge in [0.2, 0.25) is 0 Å². The van der Waals surface area contributed by atoms with Gasteiger partial charge < -0.3 is 14.4 Å². The minimum Gasteiger partial charge on any atom is -0.468 e. The first-order valence-corrected chi connectivity index (χ1v) is 10.8. The van der Waals surface area contributed by atoms with Gasteiger partial charge in [-0.25, -0.2) is 0 Å². The van der Waals surface area contributed by atoms with Crippen molar-refractivity contribution < 1.29 is 19.1 Å². The summed E-state index contributed by atoms with van der Waals surface area (Å²) >= 11 is 0. The molecule has 6 heteroatoms. The summed E-state index contributed by atoms with van der Waals surface area (Å²) < 4.78 is 11.1. The van der Waals surface area contributed by atoms with Crippen LogP contribution in [0.2, 0.25) is 0 Å². The molecule has 0 N–H and O–H groups in total. The van der Waals surface area contributed by atoms with Crippen molar-refractivity contribution in [3.05, 3.63) is 35.4 Å². The fourth-order valence-electron chi connectivity index (χ4n) is 5.22. The number of carbonyl (C=O) groups excluding carboxylic acids is 2. The van der Waals surface area contributed by atoms with Crippen LogP contribution in [0.3, 0.4) is 0 Å². The van der Waals surface area contributed by atoms with Gasteiger partial charge >= 0.3 is 5.97 Å². The fourth-order valence-corrected chi connectivity index (χ4v) is 5.22. The number of aryl methyl sites for hydroxylation is 1. The highest BCUT2D eigenvalue weighted by Crippen LogP contribution is 2.42. The summed E-state index contributed by atoms with van der Waals surface area (Å²) in [6, 6.07) is 7.72. The lowest BCUT2D eigenvalue weighted by Crippen LogP contribution is -2.44. The molecule has 0 saturated carbocycles. The molecule has 3 aliphatic heterocycles. The molecule has 1 amide bonds. The number of nitrogens with zero attached hydrogens (tertiary/aromatic N) is 2. The number of hydrogen-bond donors (Lipinski definition) is 0. The van der Waals surface area contributed by atoms with Crippen molar-refractivity contribution in [1.29, 1.82) is 0 Å². The van der Waals surface area contributed by atoms with E-state index in [1.54, 1.807) is 0 Å². The minimum atomic E-state index is -0.127. The Morgan fingerprint density at radius 2 is 2.03 bits per heavy atom. The Balaban J connectivity index is 1.30. The van der Waals surface area contributed by atoms with Crippen LogP contribution in [0.5, 0.6) is 0 Å². The van der Waals surface area contributed by atoms with Crippen LogP contribution in [-0.4, -0.2) is 73.7 Å². The predicted molar refractivity (Wildman–Crippen MR) is 110 cm³/mol. The quantitative estimate of drug-likeness (QED) is 0.728. The van der Waals surface area contributed by atoms with Crippen LogP contribution >= 0.6 is 0 Å². The monoisotopic (exact) mass is 400 g/mol. The van der Waals surface area contributed by atoms with E-state index in [4.69, 9.17) is 9.47 Å². The number of methoxy groups -OCH3 is 1. The van der Waals surface area contributed by atoms with Crippen LogP contribution < -0.4 is 0 Å². The summed E-state index contributed by atoms with van der Waals surface area (Å²) in [5.74, 6) is 0.00943. The van der Waals surface area contributed by atoms with Crippen LogP contribution in [0.25, 0.3) is 0 Å². The van der Waals surface area contributed by atoms with Crippen LogP contribution in [0, 0.1) is 12.3 Å². The number of benzene rings is 1. The molecule has 3 heterocycles. The number of rotatable bonds is 4. The normalized spacial score (nSPS) is 26.8. The zero-order chi connectivity index (χ0) is 20.4. The lowest BCUT2D eigenvalue weighted by Gasteiger charge is -2.38. The van der Waals surface area contributed by atoms with E-state index >= 15 is 0 Å². The van der Waals surface area contributed by atoms with E-state index in [0.29, 0.717) is 0 Å². The molecule has 3 aliphatic rings. The van der Waals surface area contributed by atoms with Crippen LogP contribution in [-0.2, 0) is 14.3 Å². The van der Waals surface area contributed by atoms with E-state index in [1.165, 1.54) is 7.11 Å². The van der Waals surface area contributed by atoms with Crippen LogP contribution in [0.4, 0.5) is 0 Å². The molecule has 1 aromatic carbocycles. The van der Waals surface area contributed by atoms with E-state index in [-0.39, 0.29) is 29.4 Å². The Labute approximate surface area is 173 Å². The molecule has 0 unspecified atom stereocenters. The lowest BCUT2D eigenvalue weighted by atomic mass is 9.76. The van der Waals surface area contributed by atoms with Gasteiger partial charge in [-0.05, 0) is 63.1 Å². The van der Waals surface area contributed by atoms with Gasteiger partial charge in [-0.15, -0.1) is 0 Å². The molecule has 1 aromatic rings. The van der Waals surface area contributed by atoms with Crippen molar-refractivity contribution in [2.75, 3.05) is 39.9 Å². The largest absolute Gasteiger partial charge is 0.468 e. The van der Waals surface area contributed by atoms with E-state index in [9.17, 15) is 9.59 Å². The third-order valence-electron chi connectivity index (χ3n) is 6.94. The molecule has 1 spiro atoms. The number of ether oxygens (including phenoxy) is 2. The Morgan fingerprint density at radius 1 is 1.24 bits per heavy atom. The van der Waals surface area contributed by atoms with Gasteiger partial charge in [0.15, 0.2) is 0 Å². The molecule has 29 heavy (non-hydrogen) atoms. The zero-order valence-electron chi connectivity index (χ0n) is 17.6. The second-order valence-corrected chi connectivity index (χ2v) is 8.97. The van der Waals surface area contributed by atoms with Crippen molar-refractivity contribution >= 4 is 11.9 Å². The number of esters is 1. The van der Waals surface area contributed by atoms with Crippen molar-refractivity contribution in [3.8, 4) is 0 Å². The van der Waals surface area contributed by atoms with Crippen molar-refractivity contribution in [2.45, 2.75) is 51.2 Å². The van der Waals surface area contributed by atoms with E-state index in [2.05, 4.69) is 4.90 Å². The summed E-state index contributed by atoms with van der Waals surface area (Å²) in [6.45, 7) is 6.09. The van der Waals surface area contributed by atoms with E-state index in [1.807, 2.05) is 36.1 Å². The van der Waals surface area contributed by atoms with E-state index in [0.717, 1.165) is 76.0 Å². The number of hydrogen-bond acceptors (Lipinski definition) is 5. The van der Waals surface area contributed by atoms with E-state index < -0.39 is 0 Å². The second kappa shape index (κ2) is 8.44. The second-order valence-electron chi connectivity index (χ2n) is 8.97. The first-order valence-electron chi connectivity index (χ1n) is 10.8. The molecule has 6 nitrogen and oxygen atoms in total. The van der Waals surface area contributed by atoms with Gasteiger partial charge in [0.05, 0.1) is 19.8 Å². The first kappa shape index (κ1) is 20.4. The topological polar surface area (TPSA) is 59.1 Å².